The zero-order chi connectivity index (χ0) is 27.6. The molecule has 0 saturated carbocycles. The van der Waals surface area contributed by atoms with Crippen LogP contribution in [0.2, 0.25) is 0 Å². The molecule has 2 rings (SSSR count). The van der Waals surface area contributed by atoms with Crippen LogP contribution in [0.15, 0.2) is 48.6 Å². The molecule has 196 valence electrons. The molecule has 0 amide bonds. The van der Waals surface area contributed by atoms with Gasteiger partial charge in [0.05, 0.1) is 14.2 Å². The molecule has 0 radical (unpaired) electrons. The first-order valence-corrected chi connectivity index (χ1v) is 11.3. The van der Waals surface area contributed by atoms with Crippen molar-refractivity contribution in [3.8, 4) is 17.2 Å². The first kappa shape index (κ1) is 28.8. The Kier molecular flexibility index (Phi) is 10.2. The monoisotopic (exact) mass is 510 g/mol. The molecule has 0 aliphatic rings. The number of carbonyl (C=O) groups excluding carboxylic acids is 4. The fourth-order valence-electron chi connectivity index (χ4n) is 3.31. The number of allylic oxidation sites excluding steroid dienone is 2. The summed E-state index contributed by atoms with van der Waals surface area (Å²) in [6, 6.07) is 9.76. The second kappa shape index (κ2) is 13.1. The van der Waals surface area contributed by atoms with Crippen LogP contribution < -0.4 is 9.47 Å². The molecule has 0 aromatic heterocycles. The van der Waals surface area contributed by atoms with E-state index < -0.39 is 42.1 Å². The fourth-order valence-corrected chi connectivity index (χ4v) is 3.31. The Bertz CT molecular complexity index is 1210. The highest BCUT2D eigenvalue weighted by molar-refractivity contribution is 6.18. The number of phenolic OH excluding ortho intramolecular Hbond substituents is 1. The Morgan fingerprint density at radius 1 is 0.784 bits per heavy atom. The minimum atomic E-state index is -2.03. The first-order valence-electron chi connectivity index (χ1n) is 11.3. The van der Waals surface area contributed by atoms with Gasteiger partial charge >= 0.3 is 11.9 Å². The van der Waals surface area contributed by atoms with Crippen LogP contribution in [-0.2, 0) is 28.7 Å². The van der Waals surface area contributed by atoms with Crippen molar-refractivity contribution >= 4 is 35.7 Å². The molecule has 9 heteroatoms. The minimum Gasteiger partial charge on any atom is -0.504 e. The molecule has 0 heterocycles. The number of hydrogen-bond acceptors (Lipinski definition) is 9. The Balaban J connectivity index is 2.48. The van der Waals surface area contributed by atoms with Crippen molar-refractivity contribution < 1.29 is 43.2 Å². The minimum absolute atomic E-state index is 0.143. The lowest BCUT2D eigenvalue weighted by Crippen LogP contribution is -2.46. The number of hydrogen-bond donors (Lipinski definition) is 1. The number of phenols is 1. The highest BCUT2D eigenvalue weighted by atomic mass is 16.5. The van der Waals surface area contributed by atoms with Crippen LogP contribution >= 0.6 is 0 Å². The van der Waals surface area contributed by atoms with E-state index in [0.717, 1.165) is 25.5 Å². The molecule has 0 aliphatic heterocycles. The molecule has 0 atom stereocenters. The van der Waals surface area contributed by atoms with Gasteiger partial charge in [-0.25, -0.2) is 0 Å². The predicted octanol–water partition coefficient (Wildman–Crippen LogP) is 3.70. The number of ketones is 2. The van der Waals surface area contributed by atoms with Crippen LogP contribution in [0.4, 0.5) is 0 Å². The molecule has 0 unspecified atom stereocenters. The number of esters is 2. The van der Waals surface area contributed by atoms with Crippen molar-refractivity contribution in [2.24, 2.45) is 5.41 Å². The molecule has 2 aromatic rings. The van der Waals surface area contributed by atoms with Crippen molar-refractivity contribution in [2.75, 3.05) is 27.4 Å². The lowest BCUT2D eigenvalue weighted by molar-refractivity contribution is -0.157. The van der Waals surface area contributed by atoms with Crippen molar-refractivity contribution in [2.45, 2.75) is 20.8 Å². The Morgan fingerprint density at radius 3 is 1.73 bits per heavy atom. The number of benzene rings is 2. The Hall–Kier alpha value is -4.40. The van der Waals surface area contributed by atoms with Gasteiger partial charge in [-0.05, 0) is 54.0 Å². The number of methoxy groups -OCH3 is 2. The average Bonchev–Trinajstić information content (AvgIpc) is 2.86. The van der Waals surface area contributed by atoms with Gasteiger partial charge in [0.1, 0.15) is 19.0 Å². The number of aromatic hydroxyl groups is 1. The van der Waals surface area contributed by atoms with Crippen molar-refractivity contribution in [3.63, 3.8) is 0 Å². The SMILES string of the molecule is COc1cc(/C=C/C(=O)C(COC(C)=O)(COC(C)=O)C(=O)/C=C/c2ccc(OC)c(O)c2)ccc1C. The van der Waals surface area contributed by atoms with Gasteiger partial charge in [0.2, 0.25) is 0 Å². The maximum absolute atomic E-state index is 13.5. The van der Waals surface area contributed by atoms with E-state index >= 15 is 0 Å². The summed E-state index contributed by atoms with van der Waals surface area (Å²) < 4.78 is 20.5. The number of aryl methyl sites for hydroxylation is 1. The molecule has 2 aromatic carbocycles. The van der Waals surface area contributed by atoms with E-state index in [-0.39, 0.29) is 11.5 Å². The van der Waals surface area contributed by atoms with Crippen LogP contribution in [0.1, 0.15) is 30.5 Å². The van der Waals surface area contributed by atoms with E-state index in [1.807, 2.05) is 13.0 Å². The maximum Gasteiger partial charge on any atom is 0.302 e. The first-order chi connectivity index (χ1) is 17.5. The third-order valence-corrected chi connectivity index (χ3v) is 5.48. The molecule has 1 N–H and O–H groups in total. The number of carbonyl (C=O) groups is 4. The van der Waals surface area contributed by atoms with Gasteiger partial charge in [-0.1, -0.05) is 30.4 Å². The number of rotatable bonds is 12. The zero-order valence-electron chi connectivity index (χ0n) is 21.4. The predicted molar refractivity (Wildman–Crippen MR) is 136 cm³/mol. The molecule has 0 fully saturated rings. The van der Waals surface area contributed by atoms with Crippen LogP contribution in [0.25, 0.3) is 12.2 Å². The summed E-state index contributed by atoms with van der Waals surface area (Å²) in [7, 11) is 2.93. The Labute approximate surface area is 215 Å². The molecule has 0 aliphatic carbocycles. The van der Waals surface area contributed by atoms with Crippen LogP contribution in [-0.4, -0.2) is 56.0 Å². The summed E-state index contributed by atoms with van der Waals surface area (Å²) >= 11 is 0. The van der Waals surface area contributed by atoms with Crippen LogP contribution in [0.3, 0.4) is 0 Å². The molecular formula is C28H30O9. The van der Waals surface area contributed by atoms with E-state index in [1.165, 1.54) is 44.6 Å². The molecule has 0 spiro atoms. The highest BCUT2D eigenvalue weighted by Gasteiger charge is 2.45. The van der Waals surface area contributed by atoms with E-state index in [0.29, 0.717) is 16.9 Å². The standard InChI is InChI=1S/C28H30O9/c1-18-6-7-22(15-25(18)35-5)10-13-27(33)28(16-36-19(2)29,17-37-20(3)30)26(32)12-9-21-8-11-24(34-4)23(31)14-21/h6-15,31H,16-17H2,1-5H3/b12-9+,13-10+. The third kappa shape index (κ3) is 7.79. The van der Waals surface area contributed by atoms with Gasteiger partial charge in [-0.15, -0.1) is 0 Å². The van der Waals surface area contributed by atoms with Gasteiger partial charge in [0.15, 0.2) is 28.5 Å². The zero-order valence-corrected chi connectivity index (χ0v) is 21.4. The van der Waals surface area contributed by atoms with Crippen LogP contribution in [0, 0.1) is 12.3 Å². The van der Waals surface area contributed by atoms with Crippen molar-refractivity contribution in [1.29, 1.82) is 0 Å². The van der Waals surface area contributed by atoms with E-state index in [9.17, 15) is 24.3 Å². The van der Waals surface area contributed by atoms with E-state index in [4.69, 9.17) is 18.9 Å². The molecule has 0 bridgehead atoms. The lowest BCUT2D eigenvalue weighted by Gasteiger charge is -2.27. The van der Waals surface area contributed by atoms with Crippen LogP contribution in [0.5, 0.6) is 17.2 Å². The molecule has 9 nitrogen and oxygen atoms in total. The third-order valence-electron chi connectivity index (χ3n) is 5.48. The van der Waals surface area contributed by atoms with E-state index in [2.05, 4.69) is 0 Å². The smallest absolute Gasteiger partial charge is 0.302 e. The summed E-state index contributed by atoms with van der Waals surface area (Å²) in [4.78, 5) is 50.1. The summed E-state index contributed by atoms with van der Waals surface area (Å²) in [5, 5.41) is 10.00. The highest BCUT2D eigenvalue weighted by Crippen LogP contribution is 2.29. The summed E-state index contributed by atoms with van der Waals surface area (Å²) in [5.41, 5.74) is -0.0697. The summed E-state index contributed by atoms with van der Waals surface area (Å²) in [5.74, 6) is -2.22. The van der Waals surface area contributed by atoms with Crippen molar-refractivity contribution in [1.82, 2.24) is 0 Å². The average molecular weight is 511 g/mol. The second-order valence-corrected chi connectivity index (χ2v) is 8.20. The summed E-state index contributed by atoms with van der Waals surface area (Å²) in [6.45, 7) is 2.85. The maximum atomic E-state index is 13.5. The lowest BCUT2D eigenvalue weighted by atomic mass is 9.79. The van der Waals surface area contributed by atoms with E-state index in [1.54, 1.807) is 18.2 Å². The van der Waals surface area contributed by atoms with Gasteiger partial charge < -0.3 is 24.1 Å². The quantitative estimate of drug-likeness (QED) is 0.258. The fraction of sp³-hybridized carbons (Fsp3) is 0.286. The molecule has 37 heavy (non-hydrogen) atoms. The van der Waals surface area contributed by atoms with Gasteiger partial charge in [0.25, 0.3) is 0 Å². The largest absolute Gasteiger partial charge is 0.504 e. The van der Waals surface area contributed by atoms with Gasteiger partial charge in [0, 0.05) is 13.8 Å². The summed E-state index contributed by atoms with van der Waals surface area (Å²) in [6.07, 6.45) is 5.13. The second-order valence-electron chi connectivity index (χ2n) is 8.20. The van der Waals surface area contributed by atoms with Crippen molar-refractivity contribution in [3.05, 3.63) is 65.2 Å². The molecular weight excluding hydrogens is 480 g/mol. The Morgan fingerprint density at radius 2 is 1.27 bits per heavy atom. The normalized spacial score (nSPS) is 11.4. The number of ether oxygens (including phenoxy) is 4. The van der Waals surface area contributed by atoms with Gasteiger partial charge in [-0.3, -0.25) is 19.2 Å². The van der Waals surface area contributed by atoms with Gasteiger partial charge in [-0.2, -0.15) is 0 Å². The molecule has 0 saturated heterocycles. The topological polar surface area (TPSA) is 125 Å².